The van der Waals surface area contributed by atoms with Gasteiger partial charge in [0.15, 0.2) is 0 Å². The van der Waals surface area contributed by atoms with Gasteiger partial charge in [0.1, 0.15) is 0 Å². The standard InChI is InChI=1S/C9H4Cl4O2/c1-3(9(14)15)4-2-5(10)7(12)8(13)6(4)11/h2H,1H2,(H,14,15)/p-1. The van der Waals surface area contributed by atoms with E-state index in [9.17, 15) is 9.90 Å². The Bertz CT molecular complexity index is 454. The molecule has 2 nitrogen and oxygen atoms in total. The van der Waals surface area contributed by atoms with Crippen LogP contribution in [0.4, 0.5) is 0 Å². The number of rotatable bonds is 2. The highest BCUT2D eigenvalue weighted by Gasteiger charge is 2.15. The van der Waals surface area contributed by atoms with Crippen LogP contribution in [0.25, 0.3) is 5.57 Å². The zero-order valence-electron chi connectivity index (χ0n) is 7.11. The van der Waals surface area contributed by atoms with Crippen molar-refractivity contribution >= 4 is 57.9 Å². The normalized spacial score (nSPS) is 10.1. The van der Waals surface area contributed by atoms with Gasteiger partial charge in [0.25, 0.3) is 0 Å². The lowest BCUT2D eigenvalue weighted by atomic mass is 10.1. The summed E-state index contributed by atoms with van der Waals surface area (Å²) >= 11 is 22.9. The van der Waals surface area contributed by atoms with E-state index < -0.39 is 5.97 Å². The molecule has 0 amide bonds. The molecule has 1 rings (SSSR count). The molecule has 1 aromatic rings. The van der Waals surface area contributed by atoms with E-state index in [1.807, 2.05) is 0 Å². The number of hydrogen-bond acceptors (Lipinski definition) is 2. The van der Waals surface area contributed by atoms with E-state index in [-0.39, 0.29) is 31.2 Å². The molecule has 0 fully saturated rings. The fourth-order valence-corrected chi connectivity index (χ4v) is 1.82. The summed E-state index contributed by atoms with van der Waals surface area (Å²) in [6.07, 6.45) is 0. The van der Waals surface area contributed by atoms with Crippen molar-refractivity contribution in [2.45, 2.75) is 0 Å². The molecule has 0 N–H and O–H groups in total. The van der Waals surface area contributed by atoms with Crippen molar-refractivity contribution in [1.29, 1.82) is 0 Å². The minimum absolute atomic E-state index is 0.0109. The van der Waals surface area contributed by atoms with Crippen LogP contribution in [-0.2, 0) is 4.79 Å². The zero-order chi connectivity index (χ0) is 11.7. The van der Waals surface area contributed by atoms with Gasteiger partial charge in [0.2, 0.25) is 0 Å². The van der Waals surface area contributed by atoms with Gasteiger partial charge in [-0.1, -0.05) is 53.0 Å². The lowest BCUT2D eigenvalue weighted by Gasteiger charge is -2.11. The van der Waals surface area contributed by atoms with Crippen LogP contribution < -0.4 is 5.11 Å². The maximum absolute atomic E-state index is 10.6. The number of benzene rings is 1. The molecule has 0 aromatic heterocycles. The Hall–Kier alpha value is -0.410. The zero-order valence-corrected chi connectivity index (χ0v) is 10.1. The van der Waals surface area contributed by atoms with Gasteiger partial charge in [0, 0.05) is 5.56 Å². The first-order valence-electron chi connectivity index (χ1n) is 3.60. The van der Waals surface area contributed by atoms with Gasteiger partial charge in [0.05, 0.1) is 26.1 Å². The average molecular weight is 285 g/mol. The van der Waals surface area contributed by atoms with Crippen LogP contribution in [0.1, 0.15) is 5.56 Å². The first-order chi connectivity index (χ1) is 6.86. The van der Waals surface area contributed by atoms with Crippen molar-refractivity contribution in [2.75, 3.05) is 0 Å². The summed E-state index contributed by atoms with van der Waals surface area (Å²) < 4.78 is 0. The number of carbonyl (C=O) groups is 1. The molecule has 0 radical (unpaired) electrons. The number of carboxylic acid groups (broad SMARTS) is 1. The van der Waals surface area contributed by atoms with E-state index in [2.05, 4.69) is 6.58 Å². The predicted molar refractivity (Wildman–Crippen MR) is 60.5 cm³/mol. The molecule has 0 saturated carbocycles. The predicted octanol–water partition coefficient (Wildman–Crippen LogP) is 3.06. The van der Waals surface area contributed by atoms with Crippen LogP contribution in [-0.4, -0.2) is 5.97 Å². The summed E-state index contributed by atoms with van der Waals surface area (Å²) in [5.41, 5.74) is -0.212. The average Bonchev–Trinajstić information content (AvgIpc) is 2.19. The summed E-state index contributed by atoms with van der Waals surface area (Å²) in [5, 5.41) is 10.7. The van der Waals surface area contributed by atoms with Crippen molar-refractivity contribution in [3.05, 3.63) is 38.3 Å². The van der Waals surface area contributed by atoms with Gasteiger partial charge >= 0.3 is 0 Å². The molecule has 1 aromatic carbocycles. The Morgan fingerprint density at radius 2 is 1.67 bits per heavy atom. The van der Waals surface area contributed by atoms with Gasteiger partial charge in [-0.3, -0.25) is 0 Å². The maximum atomic E-state index is 10.6. The third kappa shape index (κ3) is 2.40. The number of aliphatic carboxylic acids is 1. The van der Waals surface area contributed by atoms with Crippen molar-refractivity contribution < 1.29 is 9.90 Å². The second kappa shape index (κ2) is 4.62. The van der Waals surface area contributed by atoms with E-state index in [1.54, 1.807) is 0 Å². The molecular formula is C9H3Cl4O2-. The van der Waals surface area contributed by atoms with Crippen molar-refractivity contribution in [2.24, 2.45) is 0 Å². The Morgan fingerprint density at radius 3 is 2.13 bits per heavy atom. The third-order valence-electron chi connectivity index (χ3n) is 1.67. The van der Waals surface area contributed by atoms with Crippen molar-refractivity contribution in [3.8, 4) is 0 Å². The molecule has 0 aliphatic rings. The summed E-state index contributed by atoms with van der Waals surface area (Å²) in [4.78, 5) is 10.6. The SMILES string of the molecule is C=C(C(=O)[O-])c1cc(Cl)c(Cl)c(Cl)c1Cl. The monoisotopic (exact) mass is 283 g/mol. The number of hydrogen-bond donors (Lipinski definition) is 0. The van der Waals surface area contributed by atoms with E-state index in [4.69, 9.17) is 46.4 Å². The topological polar surface area (TPSA) is 40.1 Å². The molecule has 6 heteroatoms. The third-order valence-corrected chi connectivity index (χ3v) is 3.43. The summed E-state index contributed by atoms with van der Waals surface area (Å²) in [6, 6.07) is 1.27. The Morgan fingerprint density at radius 1 is 1.13 bits per heavy atom. The molecule has 0 aliphatic carbocycles. The quantitative estimate of drug-likeness (QED) is 0.476. The Labute approximate surface area is 106 Å². The lowest BCUT2D eigenvalue weighted by Crippen LogP contribution is -2.23. The maximum Gasteiger partial charge on any atom is 0.0800 e. The van der Waals surface area contributed by atoms with E-state index in [0.717, 1.165) is 0 Å². The van der Waals surface area contributed by atoms with Crippen molar-refractivity contribution in [3.63, 3.8) is 0 Å². The molecule has 0 atom stereocenters. The second-order valence-corrected chi connectivity index (χ2v) is 4.16. The molecule has 0 unspecified atom stereocenters. The van der Waals surface area contributed by atoms with Crippen LogP contribution in [0.5, 0.6) is 0 Å². The fraction of sp³-hybridized carbons (Fsp3) is 0. The van der Waals surface area contributed by atoms with Gasteiger partial charge in [-0.15, -0.1) is 0 Å². The van der Waals surface area contributed by atoms with E-state index >= 15 is 0 Å². The Balaban J connectivity index is 3.45. The second-order valence-electron chi connectivity index (χ2n) is 2.61. The number of halogens is 4. The van der Waals surface area contributed by atoms with Gasteiger partial charge in [-0.25, -0.2) is 0 Å². The number of carbonyl (C=O) groups excluding carboxylic acids is 1. The highest BCUT2D eigenvalue weighted by Crippen LogP contribution is 2.40. The molecule has 0 heterocycles. The largest absolute Gasteiger partial charge is 0.545 e. The van der Waals surface area contributed by atoms with Gasteiger partial charge in [-0.05, 0) is 11.6 Å². The molecule has 0 aliphatic heterocycles. The van der Waals surface area contributed by atoms with Crippen LogP contribution >= 0.6 is 46.4 Å². The molecule has 0 saturated heterocycles. The van der Waals surface area contributed by atoms with Crippen LogP contribution in [0.15, 0.2) is 12.6 Å². The van der Waals surface area contributed by atoms with Crippen LogP contribution in [0.2, 0.25) is 20.1 Å². The van der Waals surface area contributed by atoms with Gasteiger partial charge < -0.3 is 9.90 Å². The minimum Gasteiger partial charge on any atom is -0.545 e. The molecular weight excluding hydrogens is 282 g/mol. The molecule has 80 valence electrons. The summed E-state index contributed by atoms with van der Waals surface area (Å²) in [5.74, 6) is -1.45. The lowest BCUT2D eigenvalue weighted by molar-refractivity contribution is -0.295. The first-order valence-corrected chi connectivity index (χ1v) is 5.11. The fourth-order valence-electron chi connectivity index (χ4n) is 0.902. The summed E-state index contributed by atoms with van der Waals surface area (Å²) in [7, 11) is 0. The number of carboxylic acids is 1. The minimum atomic E-state index is -1.45. The highest BCUT2D eigenvalue weighted by atomic mass is 35.5. The van der Waals surface area contributed by atoms with E-state index in [0.29, 0.717) is 0 Å². The van der Waals surface area contributed by atoms with Crippen LogP contribution in [0.3, 0.4) is 0 Å². The molecule has 0 spiro atoms. The summed E-state index contributed by atoms with van der Waals surface area (Å²) in [6.45, 7) is 3.29. The first kappa shape index (κ1) is 12.7. The Kier molecular flexibility index (Phi) is 3.90. The van der Waals surface area contributed by atoms with Crippen molar-refractivity contribution in [1.82, 2.24) is 0 Å². The molecule has 15 heavy (non-hydrogen) atoms. The highest BCUT2D eigenvalue weighted by molar-refractivity contribution is 6.52. The van der Waals surface area contributed by atoms with Gasteiger partial charge in [-0.2, -0.15) is 0 Å². The smallest absolute Gasteiger partial charge is 0.0800 e. The molecule has 0 bridgehead atoms. The van der Waals surface area contributed by atoms with E-state index in [1.165, 1.54) is 6.07 Å². The van der Waals surface area contributed by atoms with Crippen LogP contribution in [0, 0.1) is 0 Å².